The number of allylic oxidation sites excluding steroid dienone is 2. The van der Waals surface area contributed by atoms with Gasteiger partial charge in [0, 0.05) is 23.7 Å². The first kappa shape index (κ1) is 12.3. The van der Waals surface area contributed by atoms with E-state index in [1.165, 1.54) is 12.1 Å². The van der Waals surface area contributed by atoms with Gasteiger partial charge in [-0.05, 0) is 25.3 Å². The molecule has 1 aliphatic carbocycles. The molecule has 5 nitrogen and oxygen atoms in total. The number of carbonyl (C=O) groups is 1. The quantitative estimate of drug-likeness (QED) is 0.506. The highest BCUT2D eigenvalue weighted by Crippen LogP contribution is 2.22. The SMILES string of the molecule is O=C(Nc1cccc([N+](=O)[O-])c1)[C@H]1CC=CCC1. The molecule has 0 aromatic heterocycles. The van der Waals surface area contributed by atoms with Crippen LogP contribution in [0.5, 0.6) is 0 Å². The Bertz CT molecular complexity index is 497. The standard InChI is InChI=1S/C13H14N2O3/c16-13(10-5-2-1-3-6-10)14-11-7-4-8-12(9-11)15(17)18/h1-2,4,7-10H,3,5-6H2,(H,14,16)/t10-/m0/s1. The number of nitrogens with zero attached hydrogens (tertiary/aromatic N) is 1. The number of benzene rings is 1. The molecular formula is C13H14N2O3. The van der Waals surface area contributed by atoms with Gasteiger partial charge < -0.3 is 5.32 Å². The van der Waals surface area contributed by atoms with E-state index in [0.717, 1.165) is 19.3 Å². The van der Waals surface area contributed by atoms with Crippen molar-refractivity contribution in [2.75, 3.05) is 5.32 Å². The van der Waals surface area contributed by atoms with Crippen LogP contribution in [0.3, 0.4) is 0 Å². The number of nitro groups is 1. The normalized spacial score (nSPS) is 18.3. The lowest BCUT2D eigenvalue weighted by Crippen LogP contribution is -2.23. The van der Waals surface area contributed by atoms with Crippen LogP contribution in [0, 0.1) is 16.0 Å². The summed E-state index contributed by atoms with van der Waals surface area (Å²) >= 11 is 0. The van der Waals surface area contributed by atoms with E-state index in [2.05, 4.69) is 11.4 Å². The third kappa shape index (κ3) is 2.94. The molecule has 1 amide bonds. The van der Waals surface area contributed by atoms with Crippen LogP contribution < -0.4 is 5.32 Å². The van der Waals surface area contributed by atoms with Crippen molar-refractivity contribution < 1.29 is 9.72 Å². The molecule has 5 heteroatoms. The largest absolute Gasteiger partial charge is 0.326 e. The molecule has 1 N–H and O–H groups in total. The second kappa shape index (κ2) is 5.44. The lowest BCUT2D eigenvalue weighted by molar-refractivity contribution is -0.384. The van der Waals surface area contributed by atoms with Crippen molar-refractivity contribution in [3.63, 3.8) is 0 Å². The van der Waals surface area contributed by atoms with E-state index in [1.54, 1.807) is 12.1 Å². The number of anilines is 1. The maximum absolute atomic E-state index is 11.9. The van der Waals surface area contributed by atoms with Crippen LogP contribution in [0.4, 0.5) is 11.4 Å². The van der Waals surface area contributed by atoms with Gasteiger partial charge in [0.2, 0.25) is 5.91 Å². The minimum Gasteiger partial charge on any atom is -0.326 e. The van der Waals surface area contributed by atoms with E-state index in [-0.39, 0.29) is 17.5 Å². The molecule has 0 saturated heterocycles. The summed E-state index contributed by atoms with van der Waals surface area (Å²) < 4.78 is 0. The van der Waals surface area contributed by atoms with Gasteiger partial charge >= 0.3 is 0 Å². The van der Waals surface area contributed by atoms with Gasteiger partial charge in [0.25, 0.3) is 5.69 Å². The molecule has 1 atom stereocenters. The summed E-state index contributed by atoms with van der Waals surface area (Å²) in [5.74, 6) is -0.103. The van der Waals surface area contributed by atoms with E-state index in [4.69, 9.17) is 0 Å². The van der Waals surface area contributed by atoms with Gasteiger partial charge in [0.15, 0.2) is 0 Å². The Morgan fingerprint density at radius 1 is 1.39 bits per heavy atom. The highest BCUT2D eigenvalue weighted by atomic mass is 16.6. The number of rotatable bonds is 3. The maximum atomic E-state index is 11.9. The number of nitro benzene ring substituents is 1. The first-order valence-corrected chi connectivity index (χ1v) is 5.87. The molecule has 0 aliphatic heterocycles. The van der Waals surface area contributed by atoms with Crippen molar-refractivity contribution in [2.24, 2.45) is 5.92 Å². The molecule has 1 aromatic rings. The molecule has 94 valence electrons. The summed E-state index contributed by atoms with van der Waals surface area (Å²) in [6.07, 6.45) is 6.55. The Balaban J connectivity index is 2.04. The highest BCUT2D eigenvalue weighted by molar-refractivity contribution is 5.93. The van der Waals surface area contributed by atoms with Gasteiger partial charge in [-0.15, -0.1) is 0 Å². The first-order valence-electron chi connectivity index (χ1n) is 5.87. The summed E-state index contributed by atoms with van der Waals surface area (Å²) in [6.45, 7) is 0. The van der Waals surface area contributed by atoms with E-state index in [1.807, 2.05) is 6.08 Å². The number of hydrogen-bond acceptors (Lipinski definition) is 3. The third-order valence-corrected chi connectivity index (χ3v) is 2.96. The van der Waals surface area contributed by atoms with Crippen LogP contribution in [0.15, 0.2) is 36.4 Å². The van der Waals surface area contributed by atoms with Crippen molar-refractivity contribution in [1.29, 1.82) is 0 Å². The smallest absolute Gasteiger partial charge is 0.271 e. The number of non-ortho nitro benzene ring substituents is 1. The fraction of sp³-hybridized carbons (Fsp3) is 0.308. The fourth-order valence-corrected chi connectivity index (χ4v) is 1.97. The third-order valence-electron chi connectivity index (χ3n) is 2.96. The molecule has 0 heterocycles. The van der Waals surface area contributed by atoms with Crippen molar-refractivity contribution in [2.45, 2.75) is 19.3 Å². The number of hydrogen-bond donors (Lipinski definition) is 1. The summed E-state index contributed by atoms with van der Waals surface area (Å²) in [4.78, 5) is 22.1. The zero-order valence-corrected chi connectivity index (χ0v) is 9.83. The Morgan fingerprint density at radius 3 is 2.89 bits per heavy atom. The van der Waals surface area contributed by atoms with Crippen LogP contribution >= 0.6 is 0 Å². The van der Waals surface area contributed by atoms with E-state index in [0.29, 0.717) is 5.69 Å². The first-order chi connectivity index (χ1) is 8.66. The highest BCUT2D eigenvalue weighted by Gasteiger charge is 2.19. The van der Waals surface area contributed by atoms with Crippen molar-refractivity contribution in [3.8, 4) is 0 Å². The van der Waals surface area contributed by atoms with Gasteiger partial charge in [-0.2, -0.15) is 0 Å². The fourth-order valence-electron chi connectivity index (χ4n) is 1.97. The lowest BCUT2D eigenvalue weighted by atomic mass is 9.93. The summed E-state index contributed by atoms with van der Waals surface area (Å²) in [5.41, 5.74) is 0.458. The summed E-state index contributed by atoms with van der Waals surface area (Å²) in [7, 11) is 0. The van der Waals surface area contributed by atoms with E-state index < -0.39 is 4.92 Å². The second-order valence-corrected chi connectivity index (χ2v) is 4.28. The topological polar surface area (TPSA) is 72.2 Å². The van der Waals surface area contributed by atoms with Gasteiger partial charge in [-0.1, -0.05) is 18.2 Å². The molecule has 1 aromatic carbocycles. The van der Waals surface area contributed by atoms with Crippen LogP contribution in [-0.2, 0) is 4.79 Å². The summed E-state index contributed by atoms with van der Waals surface area (Å²) in [6, 6.07) is 5.99. The monoisotopic (exact) mass is 246 g/mol. The van der Waals surface area contributed by atoms with Gasteiger partial charge in [0.05, 0.1) is 4.92 Å². The molecular weight excluding hydrogens is 232 g/mol. The van der Waals surface area contributed by atoms with Crippen LogP contribution in [0.1, 0.15) is 19.3 Å². The molecule has 0 fully saturated rings. The Morgan fingerprint density at radius 2 is 2.22 bits per heavy atom. The van der Waals surface area contributed by atoms with E-state index >= 15 is 0 Å². The average molecular weight is 246 g/mol. The summed E-state index contributed by atoms with van der Waals surface area (Å²) in [5, 5.41) is 13.4. The van der Waals surface area contributed by atoms with Crippen LogP contribution in [0.2, 0.25) is 0 Å². The lowest BCUT2D eigenvalue weighted by Gasteiger charge is -2.17. The minimum absolute atomic E-state index is 0.0173. The van der Waals surface area contributed by atoms with Crippen molar-refractivity contribution >= 4 is 17.3 Å². The Labute approximate surface area is 105 Å². The van der Waals surface area contributed by atoms with Crippen molar-refractivity contribution in [1.82, 2.24) is 0 Å². The Hall–Kier alpha value is -2.17. The maximum Gasteiger partial charge on any atom is 0.271 e. The molecule has 0 saturated carbocycles. The number of carbonyl (C=O) groups excluding carboxylic acids is 1. The van der Waals surface area contributed by atoms with Gasteiger partial charge in [-0.25, -0.2) is 0 Å². The predicted octanol–water partition coefficient (Wildman–Crippen LogP) is 2.89. The molecule has 2 rings (SSSR count). The Kier molecular flexibility index (Phi) is 3.72. The molecule has 0 unspecified atom stereocenters. The van der Waals surface area contributed by atoms with Gasteiger partial charge in [-0.3, -0.25) is 14.9 Å². The van der Waals surface area contributed by atoms with Crippen LogP contribution in [-0.4, -0.2) is 10.8 Å². The zero-order chi connectivity index (χ0) is 13.0. The molecule has 0 spiro atoms. The van der Waals surface area contributed by atoms with Crippen molar-refractivity contribution in [3.05, 3.63) is 46.5 Å². The van der Waals surface area contributed by atoms with Crippen LogP contribution in [0.25, 0.3) is 0 Å². The molecule has 0 bridgehead atoms. The second-order valence-electron chi connectivity index (χ2n) is 4.28. The zero-order valence-electron chi connectivity index (χ0n) is 9.83. The molecule has 18 heavy (non-hydrogen) atoms. The predicted molar refractivity (Wildman–Crippen MR) is 68.2 cm³/mol. The number of nitrogens with one attached hydrogen (secondary N) is 1. The minimum atomic E-state index is -0.473. The molecule has 1 aliphatic rings. The molecule has 0 radical (unpaired) electrons. The van der Waals surface area contributed by atoms with E-state index in [9.17, 15) is 14.9 Å². The number of amides is 1. The average Bonchev–Trinajstić information content (AvgIpc) is 2.40. The van der Waals surface area contributed by atoms with Gasteiger partial charge in [0.1, 0.15) is 0 Å².